The molecule has 5 nitrogen and oxygen atoms in total. The molecule has 0 spiro atoms. The van der Waals surface area contributed by atoms with E-state index in [-0.39, 0.29) is 6.03 Å². The van der Waals surface area contributed by atoms with Gasteiger partial charge in [-0.05, 0) is 0 Å². The monoisotopic (exact) mass is 201 g/mol. The maximum absolute atomic E-state index is 10.8. The molecule has 0 aliphatic carbocycles. The number of aliphatic hydroxyl groups is 1. The molecule has 0 unspecified atom stereocenters. The van der Waals surface area contributed by atoms with E-state index in [1.165, 1.54) is 0 Å². The van der Waals surface area contributed by atoms with Crippen LogP contribution < -0.4 is 0 Å². The van der Waals surface area contributed by atoms with Crippen LogP contribution in [0.2, 0.25) is 0 Å². The zero-order valence-electron chi connectivity index (χ0n) is 9.32. The van der Waals surface area contributed by atoms with Crippen molar-refractivity contribution in [2.75, 3.05) is 34.3 Å². The number of hydrogen-bond acceptors (Lipinski definition) is 3. The normalized spacial score (nSPS) is 13.6. The molecule has 0 saturated carbocycles. The zero-order valence-corrected chi connectivity index (χ0v) is 9.32. The van der Waals surface area contributed by atoms with E-state index in [1.54, 1.807) is 9.80 Å². The molecule has 1 saturated heterocycles. The fraction of sp³-hybridized carbons (Fsp3) is 0.778. The number of amides is 2. The van der Waals surface area contributed by atoms with Gasteiger partial charge in [0.25, 0.3) is 0 Å². The summed E-state index contributed by atoms with van der Waals surface area (Å²) in [6.07, 6.45) is 0.625. The van der Waals surface area contributed by atoms with Crippen LogP contribution in [0.1, 0.15) is 13.3 Å². The minimum Gasteiger partial charge on any atom is -0.400 e. The lowest BCUT2D eigenvalue weighted by Gasteiger charge is -2.07. The maximum atomic E-state index is 10.8. The Bertz CT molecular complexity index is 177. The number of carbonyl (C=O) groups excluding carboxylic acids is 1. The van der Waals surface area contributed by atoms with Gasteiger partial charge in [-0.3, -0.25) is 0 Å². The highest BCUT2D eigenvalue weighted by Crippen LogP contribution is 2.00. The number of aliphatic hydroxyl groups excluding tert-OH is 1. The molecule has 0 radical (unpaired) electrons. The predicted molar refractivity (Wildman–Crippen MR) is 54.7 cm³/mol. The molecule has 1 aliphatic rings. The van der Waals surface area contributed by atoms with Crippen LogP contribution in [0, 0.1) is 11.3 Å². The van der Waals surface area contributed by atoms with E-state index in [0.29, 0.717) is 6.42 Å². The Labute approximate surface area is 85.5 Å². The number of nitrogens with zero attached hydrogens (tertiary/aromatic N) is 3. The number of nitriles is 1. The third kappa shape index (κ3) is 6.26. The fourth-order valence-corrected chi connectivity index (χ4v) is 0.783. The van der Waals surface area contributed by atoms with E-state index in [9.17, 15) is 4.79 Å². The van der Waals surface area contributed by atoms with Gasteiger partial charge in [0.15, 0.2) is 0 Å². The molecule has 82 valence electrons. The van der Waals surface area contributed by atoms with Gasteiger partial charge in [0.1, 0.15) is 0 Å². The molecule has 0 aromatic carbocycles. The average molecular weight is 201 g/mol. The highest BCUT2D eigenvalue weighted by molar-refractivity contribution is 5.75. The van der Waals surface area contributed by atoms with Crippen molar-refractivity contribution < 1.29 is 9.90 Å². The molecule has 0 bridgehead atoms. The molecule has 1 rings (SSSR count). The van der Waals surface area contributed by atoms with Gasteiger partial charge in [0.2, 0.25) is 0 Å². The van der Waals surface area contributed by atoms with Gasteiger partial charge in [-0.25, -0.2) is 4.79 Å². The van der Waals surface area contributed by atoms with Crippen molar-refractivity contribution in [3.63, 3.8) is 0 Å². The Morgan fingerprint density at radius 1 is 1.36 bits per heavy atom. The molecule has 0 atom stereocenters. The molecule has 1 heterocycles. The first-order valence-electron chi connectivity index (χ1n) is 4.41. The summed E-state index contributed by atoms with van der Waals surface area (Å²) >= 11 is 0. The summed E-state index contributed by atoms with van der Waals surface area (Å²) in [5, 5.41) is 14.6. The maximum Gasteiger partial charge on any atom is 0.319 e. The lowest BCUT2D eigenvalue weighted by Crippen LogP contribution is -2.25. The highest BCUT2D eigenvalue weighted by Gasteiger charge is 2.20. The van der Waals surface area contributed by atoms with Gasteiger partial charge in [0, 0.05) is 40.7 Å². The molecule has 0 aromatic rings. The molecule has 1 aliphatic heterocycles. The van der Waals surface area contributed by atoms with Gasteiger partial charge in [0.05, 0.1) is 6.07 Å². The number of hydrogen-bond donors (Lipinski definition) is 1. The Kier molecular flexibility index (Phi) is 10.6. The molecular weight excluding hydrogens is 182 g/mol. The van der Waals surface area contributed by atoms with Crippen molar-refractivity contribution in [2.24, 2.45) is 0 Å². The second kappa shape index (κ2) is 9.81. The first-order valence-corrected chi connectivity index (χ1v) is 4.41. The second-order valence-electron chi connectivity index (χ2n) is 2.64. The minimum absolute atomic E-state index is 0.130. The molecule has 2 amide bonds. The molecule has 1 fully saturated rings. The van der Waals surface area contributed by atoms with E-state index in [2.05, 4.69) is 0 Å². The third-order valence-electron chi connectivity index (χ3n) is 1.58. The summed E-state index contributed by atoms with van der Waals surface area (Å²) in [6, 6.07) is 2.06. The zero-order chi connectivity index (χ0) is 11.6. The molecule has 0 aromatic heterocycles. The Morgan fingerprint density at radius 3 is 1.71 bits per heavy atom. The van der Waals surface area contributed by atoms with Gasteiger partial charge in [-0.2, -0.15) is 5.26 Å². The average Bonchev–Trinajstić information content (AvgIpc) is 2.53. The number of likely N-dealkylation sites (N-methyl/N-ethyl adjacent to an activating group) is 2. The van der Waals surface area contributed by atoms with Gasteiger partial charge >= 0.3 is 6.03 Å². The van der Waals surface area contributed by atoms with E-state index < -0.39 is 0 Å². The first kappa shape index (κ1) is 15.2. The SMILES string of the molecule is CCC#N.CN1CCN(C)C1=O.CO. The minimum atomic E-state index is 0.130. The Hall–Kier alpha value is -1.28. The van der Waals surface area contributed by atoms with Crippen LogP contribution in [0.15, 0.2) is 0 Å². The van der Waals surface area contributed by atoms with Crippen LogP contribution >= 0.6 is 0 Å². The lowest BCUT2D eigenvalue weighted by atomic mass is 10.6. The summed E-state index contributed by atoms with van der Waals surface area (Å²) in [5.41, 5.74) is 0. The number of rotatable bonds is 0. The largest absolute Gasteiger partial charge is 0.400 e. The van der Waals surface area contributed by atoms with Gasteiger partial charge in [-0.15, -0.1) is 0 Å². The van der Waals surface area contributed by atoms with Gasteiger partial charge in [-0.1, -0.05) is 6.92 Å². The van der Waals surface area contributed by atoms with Crippen molar-refractivity contribution in [2.45, 2.75) is 13.3 Å². The number of urea groups is 1. The van der Waals surface area contributed by atoms with Crippen molar-refractivity contribution in [1.82, 2.24) is 9.80 Å². The van der Waals surface area contributed by atoms with Crippen LogP contribution in [0.25, 0.3) is 0 Å². The summed E-state index contributed by atoms with van der Waals surface area (Å²) < 4.78 is 0. The van der Waals surface area contributed by atoms with Crippen LogP contribution in [-0.4, -0.2) is 55.2 Å². The highest BCUT2D eigenvalue weighted by atomic mass is 16.2. The molecule has 1 N–H and O–H groups in total. The van der Waals surface area contributed by atoms with E-state index >= 15 is 0 Å². The third-order valence-corrected chi connectivity index (χ3v) is 1.58. The number of carbonyl (C=O) groups is 1. The predicted octanol–water partition coefficient (Wildman–Crippen LogP) is 0.512. The Morgan fingerprint density at radius 2 is 1.64 bits per heavy atom. The van der Waals surface area contributed by atoms with Crippen molar-refractivity contribution >= 4 is 6.03 Å². The molecular formula is C9H19N3O2. The first-order chi connectivity index (χ1) is 6.63. The summed E-state index contributed by atoms with van der Waals surface area (Å²) in [6.45, 7) is 3.56. The van der Waals surface area contributed by atoms with Crippen molar-refractivity contribution in [3.8, 4) is 6.07 Å². The smallest absolute Gasteiger partial charge is 0.319 e. The molecule has 5 heteroatoms. The van der Waals surface area contributed by atoms with E-state index in [4.69, 9.17) is 10.4 Å². The summed E-state index contributed by atoms with van der Waals surface area (Å²) in [7, 11) is 4.62. The van der Waals surface area contributed by atoms with Crippen molar-refractivity contribution in [1.29, 1.82) is 5.26 Å². The fourth-order valence-electron chi connectivity index (χ4n) is 0.783. The van der Waals surface area contributed by atoms with Crippen LogP contribution in [0.5, 0.6) is 0 Å². The summed E-state index contributed by atoms with van der Waals surface area (Å²) in [4.78, 5) is 14.2. The van der Waals surface area contributed by atoms with Crippen LogP contribution in [-0.2, 0) is 0 Å². The van der Waals surface area contributed by atoms with E-state index in [0.717, 1.165) is 20.2 Å². The van der Waals surface area contributed by atoms with Crippen LogP contribution in [0.3, 0.4) is 0 Å². The topological polar surface area (TPSA) is 67.6 Å². The Balaban J connectivity index is 0. The quantitative estimate of drug-likeness (QED) is 0.621. The second-order valence-corrected chi connectivity index (χ2v) is 2.64. The molecule has 14 heavy (non-hydrogen) atoms. The van der Waals surface area contributed by atoms with Crippen molar-refractivity contribution in [3.05, 3.63) is 0 Å². The van der Waals surface area contributed by atoms with E-state index in [1.807, 2.05) is 27.1 Å². The summed E-state index contributed by atoms with van der Waals surface area (Å²) in [5.74, 6) is 0. The standard InChI is InChI=1S/C5H10N2O.C3H5N.CH4O/c1-6-3-4-7(2)5(6)8;1-2-3-4;1-2/h3-4H2,1-2H3;2H2,1H3;2H,1H3. The van der Waals surface area contributed by atoms with Crippen LogP contribution in [0.4, 0.5) is 4.79 Å². The van der Waals surface area contributed by atoms with Gasteiger partial charge < -0.3 is 14.9 Å². The lowest BCUT2D eigenvalue weighted by molar-refractivity contribution is 0.205.